The SMILES string of the molecule is Cc1ccc(Cn2ccc3cc(-c4ccc(OC(F)(F)F)cc4)ccc32)cc1. The number of hydrogen-bond donors (Lipinski definition) is 0. The maximum atomic E-state index is 12.3. The minimum atomic E-state index is -4.68. The van der Waals surface area contributed by atoms with E-state index in [9.17, 15) is 13.2 Å². The highest BCUT2D eigenvalue weighted by Crippen LogP contribution is 2.29. The van der Waals surface area contributed by atoms with E-state index < -0.39 is 6.36 Å². The molecular formula is C23H18F3NO. The van der Waals surface area contributed by atoms with Gasteiger partial charge in [0, 0.05) is 23.6 Å². The molecule has 0 atom stereocenters. The van der Waals surface area contributed by atoms with Crippen LogP contribution in [0.1, 0.15) is 11.1 Å². The maximum absolute atomic E-state index is 12.3. The molecule has 1 heterocycles. The van der Waals surface area contributed by atoms with Gasteiger partial charge in [0.25, 0.3) is 0 Å². The lowest BCUT2D eigenvalue weighted by Crippen LogP contribution is -2.16. The van der Waals surface area contributed by atoms with Crippen LogP contribution in [0.15, 0.2) is 79.0 Å². The number of benzene rings is 3. The highest BCUT2D eigenvalue weighted by Gasteiger charge is 2.30. The van der Waals surface area contributed by atoms with Gasteiger partial charge in [0.2, 0.25) is 0 Å². The lowest BCUT2D eigenvalue weighted by atomic mass is 10.0. The first-order valence-corrected chi connectivity index (χ1v) is 8.88. The van der Waals surface area contributed by atoms with E-state index >= 15 is 0 Å². The third-order valence-electron chi connectivity index (χ3n) is 4.67. The molecule has 1 aromatic heterocycles. The molecule has 0 spiro atoms. The zero-order chi connectivity index (χ0) is 19.7. The van der Waals surface area contributed by atoms with Crippen molar-refractivity contribution in [1.82, 2.24) is 4.57 Å². The van der Waals surface area contributed by atoms with Crippen molar-refractivity contribution in [2.45, 2.75) is 19.8 Å². The summed E-state index contributed by atoms with van der Waals surface area (Å²) in [7, 11) is 0. The van der Waals surface area contributed by atoms with E-state index in [0.29, 0.717) is 0 Å². The Labute approximate surface area is 160 Å². The van der Waals surface area contributed by atoms with E-state index in [4.69, 9.17) is 0 Å². The Hall–Kier alpha value is -3.21. The molecule has 5 heteroatoms. The third kappa shape index (κ3) is 4.03. The molecule has 0 fully saturated rings. The average molecular weight is 381 g/mol. The zero-order valence-electron chi connectivity index (χ0n) is 15.2. The Morgan fingerprint density at radius 2 is 1.50 bits per heavy atom. The second kappa shape index (κ2) is 7.08. The van der Waals surface area contributed by atoms with Crippen molar-refractivity contribution in [3.8, 4) is 16.9 Å². The lowest BCUT2D eigenvalue weighted by Gasteiger charge is -2.10. The van der Waals surface area contributed by atoms with E-state index in [-0.39, 0.29) is 5.75 Å². The van der Waals surface area contributed by atoms with Crippen molar-refractivity contribution < 1.29 is 17.9 Å². The van der Waals surface area contributed by atoms with Gasteiger partial charge in [0.1, 0.15) is 5.75 Å². The van der Waals surface area contributed by atoms with E-state index in [0.717, 1.165) is 28.6 Å². The minimum absolute atomic E-state index is 0.221. The molecule has 0 N–H and O–H groups in total. The second-order valence-electron chi connectivity index (χ2n) is 6.78. The van der Waals surface area contributed by atoms with Crippen LogP contribution >= 0.6 is 0 Å². The maximum Gasteiger partial charge on any atom is 0.573 e. The Bertz CT molecular complexity index is 1090. The van der Waals surface area contributed by atoms with Crippen LogP contribution in [0.4, 0.5) is 13.2 Å². The molecule has 0 bridgehead atoms. The number of aromatic nitrogens is 1. The van der Waals surface area contributed by atoms with Gasteiger partial charge >= 0.3 is 6.36 Å². The Balaban J connectivity index is 1.58. The van der Waals surface area contributed by atoms with Crippen LogP contribution in [0.25, 0.3) is 22.0 Å². The topological polar surface area (TPSA) is 14.2 Å². The lowest BCUT2D eigenvalue weighted by molar-refractivity contribution is -0.274. The van der Waals surface area contributed by atoms with Gasteiger partial charge in [-0.25, -0.2) is 0 Å². The summed E-state index contributed by atoms with van der Waals surface area (Å²) in [5.41, 5.74) is 5.35. The van der Waals surface area contributed by atoms with Crippen LogP contribution < -0.4 is 4.74 Å². The minimum Gasteiger partial charge on any atom is -0.406 e. The number of hydrogen-bond acceptors (Lipinski definition) is 1. The van der Waals surface area contributed by atoms with Crippen LogP contribution in [0.3, 0.4) is 0 Å². The largest absolute Gasteiger partial charge is 0.573 e. The molecule has 4 rings (SSSR count). The first-order valence-electron chi connectivity index (χ1n) is 8.88. The summed E-state index contributed by atoms with van der Waals surface area (Å²) in [6.07, 6.45) is -2.63. The van der Waals surface area contributed by atoms with E-state index in [1.807, 2.05) is 24.3 Å². The van der Waals surface area contributed by atoms with Gasteiger partial charge in [-0.3, -0.25) is 0 Å². The monoisotopic (exact) mass is 381 g/mol. The quantitative estimate of drug-likeness (QED) is 0.390. The summed E-state index contributed by atoms with van der Waals surface area (Å²) < 4.78 is 43.0. The molecule has 0 amide bonds. The fourth-order valence-electron chi connectivity index (χ4n) is 3.26. The molecule has 4 aromatic rings. The summed E-state index contributed by atoms with van der Waals surface area (Å²) >= 11 is 0. The molecule has 2 nitrogen and oxygen atoms in total. The van der Waals surface area contributed by atoms with Gasteiger partial charge in [-0.05, 0) is 53.9 Å². The number of fused-ring (bicyclic) bond motifs is 1. The molecule has 3 aromatic carbocycles. The molecule has 0 aliphatic rings. The van der Waals surface area contributed by atoms with Crippen molar-refractivity contribution in [3.63, 3.8) is 0 Å². The van der Waals surface area contributed by atoms with Gasteiger partial charge in [0.15, 0.2) is 0 Å². The third-order valence-corrected chi connectivity index (χ3v) is 4.67. The van der Waals surface area contributed by atoms with Gasteiger partial charge in [-0.2, -0.15) is 0 Å². The molecule has 0 aliphatic carbocycles. The highest BCUT2D eigenvalue weighted by molar-refractivity contribution is 5.85. The fourth-order valence-corrected chi connectivity index (χ4v) is 3.26. The normalized spacial score (nSPS) is 11.7. The van der Waals surface area contributed by atoms with Crippen molar-refractivity contribution in [2.75, 3.05) is 0 Å². The first kappa shape index (κ1) is 18.2. The number of alkyl halides is 3. The van der Waals surface area contributed by atoms with E-state index in [1.165, 1.54) is 23.3 Å². The Kier molecular flexibility index (Phi) is 4.59. The van der Waals surface area contributed by atoms with Crippen molar-refractivity contribution in [2.24, 2.45) is 0 Å². The summed E-state index contributed by atoms with van der Waals surface area (Å²) in [5, 5.41) is 1.08. The van der Waals surface area contributed by atoms with E-state index in [2.05, 4.69) is 46.7 Å². The molecule has 0 radical (unpaired) electrons. The molecule has 142 valence electrons. The fraction of sp³-hybridized carbons (Fsp3) is 0.130. The van der Waals surface area contributed by atoms with Gasteiger partial charge in [0.05, 0.1) is 0 Å². The molecule has 0 saturated carbocycles. The molecule has 0 saturated heterocycles. The number of halogens is 3. The van der Waals surface area contributed by atoms with Crippen LogP contribution in [-0.2, 0) is 6.54 Å². The number of nitrogens with zero attached hydrogens (tertiary/aromatic N) is 1. The first-order chi connectivity index (χ1) is 13.4. The standard InChI is InChI=1S/C23H18F3NO/c1-16-2-4-17(5-3-16)15-27-13-12-20-14-19(8-11-22(20)27)18-6-9-21(10-7-18)28-23(24,25)26/h2-14H,15H2,1H3. The van der Waals surface area contributed by atoms with Gasteiger partial charge < -0.3 is 9.30 Å². The summed E-state index contributed by atoms with van der Waals surface area (Å²) in [5.74, 6) is -0.221. The summed E-state index contributed by atoms with van der Waals surface area (Å²) in [4.78, 5) is 0. The van der Waals surface area contributed by atoms with Crippen molar-refractivity contribution in [1.29, 1.82) is 0 Å². The molecule has 0 unspecified atom stereocenters. The van der Waals surface area contributed by atoms with Crippen LogP contribution in [-0.4, -0.2) is 10.9 Å². The summed E-state index contributed by atoms with van der Waals surface area (Å²) in [6.45, 7) is 2.85. The smallest absolute Gasteiger partial charge is 0.406 e. The number of aryl methyl sites for hydroxylation is 1. The van der Waals surface area contributed by atoms with Gasteiger partial charge in [-0.1, -0.05) is 48.0 Å². The number of rotatable bonds is 4. The van der Waals surface area contributed by atoms with Crippen molar-refractivity contribution in [3.05, 3.63) is 90.1 Å². The Morgan fingerprint density at radius 3 is 2.18 bits per heavy atom. The average Bonchev–Trinajstić information content (AvgIpc) is 3.05. The molecule has 0 aliphatic heterocycles. The van der Waals surface area contributed by atoms with E-state index in [1.54, 1.807) is 12.1 Å². The number of ether oxygens (including phenoxy) is 1. The Morgan fingerprint density at radius 1 is 0.821 bits per heavy atom. The zero-order valence-corrected chi connectivity index (χ0v) is 15.2. The van der Waals surface area contributed by atoms with Crippen LogP contribution in [0.2, 0.25) is 0 Å². The summed E-state index contributed by atoms with van der Waals surface area (Å²) in [6, 6.07) is 22.5. The molecular weight excluding hydrogens is 363 g/mol. The molecule has 28 heavy (non-hydrogen) atoms. The van der Waals surface area contributed by atoms with Crippen LogP contribution in [0, 0.1) is 6.92 Å². The second-order valence-corrected chi connectivity index (χ2v) is 6.78. The van der Waals surface area contributed by atoms with Gasteiger partial charge in [-0.15, -0.1) is 13.2 Å². The van der Waals surface area contributed by atoms with Crippen molar-refractivity contribution >= 4 is 10.9 Å². The van der Waals surface area contributed by atoms with Crippen LogP contribution in [0.5, 0.6) is 5.75 Å². The predicted octanol–water partition coefficient (Wildman–Crippen LogP) is 6.56. The highest BCUT2D eigenvalue weighted by atomic mass is 19.4. The predicted molar refractivity (Wildman–Crippen MR) is 104 cm³/mol.